The molecule has 0 heterocycles. The number of anilines is 1. The van der Waals surface area contributed by atoms with Gasteiger partial charge in [0.1, 0.15) is 5.75 Å². The molecule has 1 aliphatic rings. The van der Waals surface area contributed by atoms with E-state index in [1.165, 1.54) is 19.3 Å². The van der Waals surface area contributed by atoms with Crippen molar-refractivity contribution in [1.29, 1.82) is 0 Å². The molecular weight excluding hydrogens is 216 g/mol. The molecule has 0 aromatic heterocycles. The lowest BCUT2D eigenvalue weighted by Crippen LogP contribution is -2.35. The zero-order chi connectivity index (χ0) is 12.1. The zero-order valence-electron chi connectivity index (χ0n) is 9.82. The highest BCUT2D eigenvalue weighted by Crippen LogP contribution is 2.25. The van der Waals surface area contributed by atoms with Crippen molar-refractivity contribution in [2.24, 2.45) is 5.92 Å². The Hall–Kier alpha value is -1.71. The summed E-state index contributed by atoms with van der Waals surface area (Å²) in [7, 11) is 0. The van der Waals surface area contributed by atoms with Crippen LogP contribution < -0.4 is 15.8 Å². The van der Waals surface area contributed by atoms with Gasteiger partial charge in [-0.05, 0) is 30.9 Å². The van der Waals surface area contributed by atoms with E-state index in [-0.39, 0.29) is 12.5 Å². The van der Waals surface area contributed by atoms with E-state index in [9.17, 15) is 4.79 Å². The highest BCUT2D eigenvalue weighted by atomic mass is 16.5. The van der Waals surface area contributed by atoms with E-state index in [0.29, 0.717) is 17.4 Å². The lowest BCUT2D eigenvalue weighted by molar-refractivity contribution is -0.123. The van der Waals surface area contributed by atoms with Gasteiger partial charge in [-0.3, -0.25) is 4.79 Å². The first kappa shape index (κ1) is 11.8. The van der Waals surface area contributed by atoms with Gasteiger partial charge in [0.25, 0.3) is 5.91 Å². The quantitative estimate of drug-likeness (QED) is 0.760. The molecule has 2 rings (SSSR count). The van der Waals surface area contributed by atoms with Gasteiger partial charge in [0.15, 0.2) is 6.61 Å². The van der Waals surface area contributed by atoms with Gasteiger partial charge in [0.05, 0.1) is 0 Å². The molecule has 1 aromatic rings. The van der Waals surface area contributed by atoms with E-state index >= 15 is 0 Å². The molecule has 0 bridgehead atoms. The van der Waals surface area contributed by atoms with Gasteiger partial charge in [-0.1, -0.05) is 12.5 Å². The number of nitrogen functional groups attached to an aromatic ring is 1. The largest absolute Gasteiger partial charge is 0.484 e. The van der Waals surface area contributed by atoms with Crippen LogP contribution in [0.25, 0.3) is 0 Å². The average molecular weight is 234 g/mol. The Morgan fingerprint density at radius 1 is 1.47 bits per heavy atom. The zero-order valence-corrected chi connectivity index (χ0v) is 9.82. The third-order valence-corrected chi connectivity index (χ3v) is 3.04. The summed E-state index contributed by atoms with van der Waals surface area (Å²) in [6.07, 6.45) is 3.76. The molecule has 92 valence electrons. The number of nitrogens with two attached hydrogens (primary N) is 1. The fourth-order valence-corrected chi connectivity index (χ4v) is 1.76. The number of hydrogen-bond donors (Lipinski definition) is 2. The SMILES string of the molecule is Nc1cccc(OCC(=O)NCC2CCC2)c1. The number of carbonyl (C=O) groups is 1. The van der Waals surface area contributed by atoms with Crippen LogP contribution >= 0.6 is 0 Å². The lowest BCUT2D eigenvalue weighted by atomic mass is 9.85. The van der Waals surface area contributed by atoms with Gasteiger partial charge in [-0.2, -0.15) is 0 Å². The molecule has 0 unspecified atom stereocenters. The molecule has 4 heteroatoms. The van der Waals surface area contributed by atoms with Crippen molar-refractivity contribution in [3.8, 4) is 5.75 Å². The summed E-state index contributed by atoms with van der Waals surface area (Å²) < 4.78 is 5.34. The average Bonchev–Trinajstić information content (AvgIpc) is 2.24. The van der Waals surface area contributed by atoms with Crippen LogP contribution in [0.3, 0.4) is 0 Å². The van der Waals surface area contributed by atoms with Crippen molar-refractivity contribution in [2.75, 3.05) is 18.9 Å². The molecule has 0 saturated heterocycles. The van der Waals surface area contributed by atoms with Crippen LogP contribution in [-0.2, 0) is 4.79 Å². The summed E-state index contributed by atoms with van der Waals surface area (Å²) in [5.41, 5.74) is 6.24. The minimum atomic E-state index is -0.0701. The van der Waals surface area contributed by atoms with Crippen LogP contribution in [0.2, 0.25) is 0 Å². The van der Waals surface area contributed by atoms with E-state index in [1.807, 2.05) is 0 Å². The predicted octanol–water partition coefficient (Wildman–Crippen LogP) is 1.56. The molecule has 1 aliphatic carbocycles. The van der Waals surface area contributed by atoms with Crippen molar-refractivity contribution in [1.82, 2.24) is 5.32 Å². The van der Waals surface area contributed by atoms with Crippen LogP contribution in [-0.4, -0.2) is 19.1 Å². The Bertz CT molecular complexity index is 389. The van der Waals surface area contributed by atoms with E-state index in [1.54, 1.807) is 24.3 Å². The molecule has 4 nitrogen and oxygen atoms in total. The first-order chi connectivity index (χ1) is 8.24. The highest BCUT2D eigenvalue weighted by molar-refractivity contribution is 5.77. The highest BCUT2D eigenvalue weighted by Gasteiger charge is 2.17. The van der Waals surface area contributed by atoms with Crippen LogP contribution in [0.5, 0.6) is 5.75 Å². The molecular formula is C13H18N2O2. The third kappa shape index (κ3) is 3.66. The molecule has 0 radical (unpaired) electrons. The maximum absolute atomic E-state index is 11.5. The van der Waals surface area contributed by atoms with Crippen molar-refractivity contribution >= 4 is 11.6 Å². The number of hydrogen-bond acceptors (Lipinski definition) is 3. The van der Waals surface area contributed by atoms with E-state index in [0.717, 1.165) is 6.54 Å². The first-order valence-corrected chi connectivity index (χ1v) is 5.99. The Morgan fingerprint density at radius 2 is 2.29 bits per heavy atom. The number of amides is 1. The van der Waals surface area contributed by atoms with Crippen molar-refractivity contribution in [2.45, 2.75) is 19.3 Å². The third-order valence-electron chi connectivity index (χ3n) is 3.04. The Morgan fingerprint density at radius 3 is 2.94 bits per heavy atom. The standard InChI is InChI=1S/C13H18N2O2/c14-11-5-2-6-12(7-11)17-9-13(16)15-8-10-3-1-4-10/h2,5-7,10H,1,3-4,8-9,14H2,(H,15,16). The molecule has 17 heavy (non-hydrogen) atoms. The number of carbonyl (C=O) groups excluding carboxylic acids is 1. The fourth-order valence-electron chi connectivity index (χ4n) is 1.76. The van der Waals surface area contributed by atoms with Gasteiger partial charge in [0.2, 0.25) is 0 Å². The van der Waals surface area contributed by atoms with Gasteiger partial charge < -0.3 is 15.8 Å². The maximum Gasteiger partial charge on any atom is 0.257 e. The van der Waals surface area contributed by atoms with Gasteiger partial charge in [-0.25, -0.2) is 0 Å². The Balaban J connectivity index is 1.68. The number of benzene rings is 1. The number of rotatable bonds is 5. The first-order valence-electron chi connectivity index (χ1n) is 5.99. The number of ether oxygens (including phenoxy) is 1. The van der Waals surface area contributed by atoms with Crippen molar-refractivity contribution < 1.29 is 9.53 Å². The van der Waals surface area contributed by atoms with Crippen molar-refractivity contribution in [3.63, 3.8) is 0 Å². The second kappa shape index (κ2) is 5.57. The van der Waals surface area contributed by atoms with Gasteiger partial charge in [-0.15, -0.1) is 0 Å². The normalized spacial score (nSPS) is 15.1. The fraction of sp³-hybridized carbons (Fsp3) is 0.462. The second-order valence-electron chi connectivity index (χ2n) is 4.46. The monoisotopic (exact) mass is 234 g/mol. The van der Waals surface area contributed by atoms with E-state index in [4.69, 9.17) is 10.5 Å². The molecule has 1 fully saturated rings. The predicted molar refractivity (Wildman–Crippen MR) is 66.7 cm³/mol. The van der Waals surface area contributed by atoms with Gasteiger partial charge >= 0.3 is 0 Å². The number of nitrogens with one attached hydrogen (secondary N) is 1. The van der Waals surface area contributed by atoms with E-state index in [2.05, 4.69) is 5.32 Å². The Labute approximate surface area is 101 Å². The summed E-state index contributed by atoms with van der Waals surface area (Å²) in [6.45, 7) is 0.829. The molecule has 1 saturated carbocycles. The summed E-state index contributed by atoms with van der Waals surface area (Å²) in [4.78, 5) is 11.5. The van der Waals surface area contributed by atoms with E-state index < -0.39 is 0 Å². The molecule has 0 spiro atoms. The molecule has 3 N–H and O–H groups in total. The summed E-state index contributed by atoms with van der Waals surface area (Å²) in [6, 6.07) is 7.08. The molecule has 0 atom stereocenters. The topological polar surface area (TPSA) is 64.3 Å². The van der Waals surface area contributed by atoms with Gasteiger partial charge in [0, 0.05) is 18.3 Å². The Kier molecular flexibility index (Phi) is 3.85. The lowest BCUT2D eigenvalue weighted by Gasteiger charge is -2.25. The van der Waals surface area contributed by atoms with Crippen molar-refractivity contribution in [3.05, 3.63) is 24.3 Å². The minimum absolute atomic E-state index is 0.0518. The van der Waals surface area contributed by atoms with Crippen LogP contribution in [0.4, 0.5) is 5.69 Å². The molecule has 0 aliphatic heterocycles. The summed E-state index contributed by atoms with van der Waals surface area (Å²) >= 11 is 0. The summed E-state index contributed by atoms with van der Waals surface area (Å²) in [5, 5.41) is 2.87. The molecule has 1 amide bonds. The minimum Gasteiger partial charge on any atom is -0.484 e. The van der Waals surface area contributed by atoms with Crippen LogP contribution in [0.15, 0.2) is 24.3 Å². The molecule has 1 aromatic carbocycles. The van der Waals surface area contributed by atoms with Crippen LogP contribution in [0.1, 0.15) is 19.3 Å². The maximum atomic E-state index is 11.5. The second-order valence-corrected chi connectivity index (χ2v) is 4.46. The summed E-state index contributed by atoms with van der Waals surface area (Å²) in [5.74, 6) is 1.23. The smallest absolute Gasteiger partial charge is 0.257 e. The van der Waals surface area contributed by atoms with Crippen LogP contribution in [0, 0.1) is 5.92 Å².